The average Bonchev–Trinajstić information content (AvgIpc) is 2.19. The maximum absolute atomic E-state index is 5.04. The molecule has 4 heteroatoms. The van der Waals surface area contributed by atoms with E-state index in [4.69, 9.17) is 4.74 Å². The molecule has 0 fully saturated rings. The molecule has 0 atom stereocenters. The van der Waals surface area contributed by atoms with E-state index in [1.54, 1.807) is 30.3 Å². The van der Waals surface area contributed by atoms with Gasteiger partial charge < -0.3 is 4.74 Å². The van der Waals surface area contributed by atoms with E-state index < -0.39 is 0 Å². The summed E-state index contributed by atoms with van der Waals surface area (Å²) in [6.45, 7) is 2.60. The molecule has 0 aromatic carbocycles. The van der Waals surface area contributed by atoms with Crippen LogP contribution < -0.4 is 0 Å². The highest BCUT2D eigenvalue weighted by atomic mass is 32.2. The Hall–Kier alpha value is -1.03. The van der Waals surface area contributed by atoms with Gasteiger partial charge in [-0.05, 0) is 19.2 Å². The molecule has 1 aromatic rings. The van der Waals surface area contributed by atoms with E-state index >= 15 is 0 Å². The van der Waals surface area contributed by atoms with E-state index in [1.807, 2.05) is 19.2 Å². The zero-order valence-electron chi connectivity index (χ0n) is 7.73. The van der Waals surface area contributed by atoms with Gasteiger partial charge in [-0.15, -0.1) is 11.8 Å². The Kier molecular flexibility index (Phi) is 4.32. The third-order valence-electron chi connectivity index (χ3n) is 1.34. The monoisotopic (exact) mass is 196 g/mol. The van der Waals surface area contributed by atoms with Crippen LogP contribution in [0, 0.1) is 0 Å². The van der Waals surface area contributed by atoms with Crippen molar-refractivity contribution >= 4 is 17.8 Å². The molecule has 70 valence electrons. The highest BCUT2D eigenvalue weighted by Crippen LogP contribution is 2.09. The Morgan fingerprint density at radius 2 is 2.46 bits per heavy atom. The molecule has 0 N–H and O–H groups in total. The molecule has 0 bridgehead atoms. The average molecular weight is 196 g/mol. The van der Waals surface area contributed by atoms with Crippen molar-refractivity contribution in [3.8, 4) is 0 Å². The molecule has 0 radical (unpaired) electrons. The Morgan fingerprint density at radius 1 is 1.62 bits per heavy atom. The number of thioether (sulfide) groups is 1. The summed E-state index contributed by atoms with van der Waals surface area (Å²) in [7, 11) is 0. The molecular formula is C9H12N2OS. The van der Waals surface area contributed by atoms with Crippen LogP contribution in [0.15, 0.2) is 23.6 Å². The summed E-state index contributed by atoms with van der Waals surface area (Å²) in [6, 6.07) is 1.88. The SMILES string of the molecule is CCOC=Cc1nccc(SC)n1. The largest absolute Gasteiger partial charge is 0.501 e. The number of hydrogen-bond acceptors (Lipinski definition) is 4. The zero-order valence-corrected chi connectivity index (χ0v) is 8.54. The Bertz CT molecular complexity index is 289. The summed E-state index contributed by atoms with van der Waals surface area (Å²) in [4.78, 5) is 8.32. The van der Waals surface area contributed by atoms with Crippen molar-refractivity contribution in [2.75, 3.05) is 12.9 Å². The second kappa shape index (κ2) is 5.59. The maximum Gasteiger partial charge on any atom is 0.156 e. The van der Waals surface area contributed by atoms with Crippen LogP contribution in [0.25, 0.3) is 6.08 Å². The van der Waals surface area contributed by atoms with Crippen LogP contribution in [-0.4, -0.2) is 22.8 Å². The lowest BCUT2D eigenvalue weighted by atomic mass is 10.5. The van der Waals surface area contributed by atoms with Gasteiger partial charge in [-0.2, -0.15) is 0 Å². The normalized spacial score (nSPS) is 10.6. The molecule has 0 amide bonds. The third-order valence-corrected chi connectivity index (χ3v) is 1.98. The summed E-state index contributed by atoms with van der Waals surface area (Å²) in [6.07, 6.45) is 7.09. The van der Waals surface area contributed by atoms with Crippen molar-refractivity contribution < 1.29 is 4.74 Å². The summed E-state index contributed by atoms with van der Waals surface area (Å²) in [5, 5.41) is 0.964. The second-order valence-electron chi connectivity index (χ2n) is 2.22. The van der Waals surface area contributed by atoms with Crippen molar-refractivity contribution in [2.45, 2.75) is 11.9 Å². The van der Waals surface area contributed by atoms with E-state index in [0.717, 1.165) is 5.03 Å². The fraction of sp³-hybridized carbons (Fsp3) is 0.333. The number of aromatic nitrogens is 2. The van der Waals surface area contributed by atoms with Gasteiger partial charge in [0, 0.05) is 12.3 Å². The molecule has 0 aliphatic rings. The van der Waals surface area contributed by atoms with E-state index in [2.05, 4.69) is 9.97 Å². The van der Waals surface area contributed by atoms with Crippen LogP contribution in [0.3, 0.4) is 0 Å². The van der Waals surface area contributed by atoms with Crippen molar-refractivity contribution in [1.82, 2.24) is 9.97 Å². The van der Waals surface area contributed by atoms with Crippen LogP contribution >= 0.6 is 11.8 Å². The van der Waals surface area contributed by atoms with E-state index in [0.29, 0.717) is 12.4 Å². The van der Waals surface area contributed by atoms with Gasteiger partial charge in [0.2, 0.25) is 0 Å². The van der Waals surface area contributed by atoms with Crippen LogP contribution in [0.5, 0.6) is 0 Å². The van der Waals surface area contributed by atoms with Crippen molar-refractivity contribution in [3.63, 3.8) is 0 Å². The molecular weight excluding hydrogens is 184 g/mol. The minimum atomic E-state index is 0.665. The van der Waals surface area contributed by atoms with Gasteiger partial charge in [0.15, 0.2) is 5.82 Å². The van der Waals surface area contributed by atoms with Crippen LogP contribution in [-0.2, 0) is 4.74 Å². The Morgan fingerprint density at radius 3 is 3.15 bits per heavy atom. The lowest BCUT2D eigenvalue weighted by Gasteiger charge is -1.96. The van der Waals surface area contributed by atoms with Crippen molar-refractivity contribution in [2.24, 2.45) is 0 Å². The molecule has 0 aliphatic heterocycles. The standard InChI is InChI=1S/C9H12N2OS/c1-3-12-7-5-8-10-6-4-9(11-8)13-2/h4-7H,3H2,1-2H3. The maximum atomic E-state index is 5.04. The first kappa shape index (κ1) is 10.1. The van der Waals surface area contributed by atoms with Crippen LogP contribution in [0.4, 0.5) is 0 Å². The van der Waals surface area contributed by atoms with Gasteiger partial charge in [0.1, 0.15) is 0 Å². The summed E-state index contributed by atoms with van der Waals surface area (Å²) >= 11 is 1.60. The Labute approximate surface area is 82.2 Å². The van der Waals surface area contributed by atoms with E-state index in [1.165, 1.54) is 0 Å². The molecule has 3 nitrogen and oxygen atoms in total. The minimum absolute atomic E-state index is 0.665. The van der Waals surface area contributed by atoms with Crippen LogP contribution in [0.2, 0.25) is 0 Å². The lowest BCUT2D eigenvalue weighted by Crippen LogP contribution is -1.88. The smallest absolute Gasteiger partial charge is 0.156 e. The first-order chi connectivity index (χ1) is 6.36. The fourth-order valence-electron chi connectivity index (χ4n) is 0.756. The van der Waals surface area contributed by atoms with Crippen LogP contribution in [0.1, 0.15) is 12.7 Å². The quantitative estimate of drug-likeness (QED) is 0.420. The Balaban J connectivity index is 2.66. The van der Waals surface area contributed by atoms with Gasteiger partial charge in [-0.1, -0.05) is 0 Å². The molecule has 1 rings (SSSR count). The number of hydrogen-bond donors (Lipinski definition) is 0. The van der Waals surface area contributed by atoms with E-state index in [-0.39, 0.29) is 0 Å². The zero-order chi connectivity index (χ0) is 9.52. The number of rotatable bonds is 4. The second-order valence-corrected chi connectivity index (χ2v) is 3.04. The minimum Gasteiger partial charge on any atom is -0.501 e. The third kappa shape index (κ3) is 3.46. The summed E-state index contributed by atoms with van der Waals surface area (Å²) in [5.74, 6) is 0.681. The van der Waals surface area contributed by atoms with Gasteiger partial charge in [0.25, 0.3) is 0 Å². The summed E-state index contributed by atoms with van der Waals surface area (Å²) in [5.41, 5.74) is 0. The predicted octanol–water partition coefficient (Wildman–Crippen LogP) is 2.21. The van der Waals surface area contributed by atoms with Gasteiger partial charge in [-0.3, -0.25) is 0 Å². The molecule has 1 heterocycles. The first-order valence-electron chi connectivity index (χ1n) is 4.02. The lowest BCUT2D eigenvalue weighted by molar-refractivity contribution is 0.272. The highest BCUT2D eigenvalue weighted by molar-refractivity contribution is 7.98. The van der Waals surface area contributed by atoms with Crippen molar-refractivity contribution in [1.29, 1.82) is 0 Å². The molecule has 0 spiro atoms. The highest BCUT2D eigenvalue weighted by Gasteiger charge is 1.93. The first-order valence-corrected chi connectivity index (χ1v) is 5.24. The van der Waals surface area contributed by atoms with Gasteiger partial charge >= 0.3 is 0 Å². The number of ether oxygens (including phenoxy) is 1. The van der Waals surface area contributed by atoms with Gasteiger partial charge in [-0.25, -0.2) is 9.97 Å². The number of nitrogens with zero attached hydrogens (tertiary/aromatic N) is 2. The van der Waals surface area contributed by atoms with Gasteiger partial charge in [0.05, 0.1) is 17.9 Å². The molecule has 13 heavy (non-hydrogen) atoms. The summed E-state index contributed by atoms with van der Waals surface area (Å²) < 4.78 is 5.04. The molecule has 0 unspecified atom stereocenters. The molecule has 0 aliphatic carbocycles. The molecule has 0 saturated heterocycles. The molecule has 1 aromatic heterocycles. The molecule has 0 saturated carbocycles. The van der Waals surface area contributed by atoms with Crippen molar-refractivity contribution in [3.05, 3.63) is 24.3 Å². The fourth-order valence-corrected chi connectivity index (χ4v) is 1.14. The van der Waals surface area contributed by atoms with E-state index in [9.17, 15) is 0 Å². The topological polar surface area (TPSA) is 35.0 Å². The predicted molar refractivity (Wildman–Crippen MR) is 54.5 cm³/mol.